The van der Waals surface area contributed by atoms with E-state index in [1.165, 1.54) is 16.9 Å². The van der Waals surface area contributed by atoms with Crippen LogP contribution in [0.1, 0.15) is 30.9 Å². The van der Waals surface area contributed by atoms with Gasteiger partial charge in [0.15, 0.2) is 0 Å². The fraction of sp³-hybridized carbons (Fsp3) is 0.143. The van der Waals surface area contributed by atoms with Crippen LogP contribution in [0.5, 0.6) is 0 Å². The van der Waals surface area contributed by atoms with E-state index in [0.29, 0.717) is 5.92 Å². The first kappa shape index (κ1) is 18.1. The Labute approximate surface area is 166 Å². The van der Waals surface area contributed by atoms with Crippen LogP contribution in [0.4, 0.5) is 5.69 Å². The molecule has 2 heterocycles. The molecule has 0 aliphatic heterocycles. The molecule has 0 atom stereocenters. The lowest BCUT2D eigenvalue weighted by atomic mass is 10.0. The van der Waals surface area contributed by atoms with Gasteiger partial charge < -0.3 is 5.32 Å². The molecular formula is C21H19N5OS. The normalized spacial score (nSPS) is 11.5. The third-order valence-electron chi connectivity index (χ3n) is 4.32. The Morgan fingerprint density at radius 3 is 2.54 bits per heavy atom. The summed E-state index contributed by atoms with van der Waals surface area (Å²) in [6, 6.07) is 15.8. The first-order chi connectivity index (χ1) is 13.6. The Kier molecular flexibility index (Phi) is 4.99. The summed E-state index contributed by atoms with van der Waals surface area (Å²) in [5.41, 5.74) is 3.98. The van der Waals surface area contributed by atoms with Crippen LogP contribution in [0.15, 0.2) is 60.9 Å². The van der Waals surface area contributed by atoms with Crippen LogP contribution in [-0.4, -0.2) is 25.7 Å². The van der Waals surface area contributed by atoms with E-state index in [1.54, 1.807) is 16.9 Å². The van der Waals surface area contributed by atoms with Crippen LogP contribution >= 0.6 is 11.3 Å². The van der Waals surface area contributed by atoms with Gasteiger partial charge in [-0.25, -0.2) is 0 Å². The quantitative estimate of drug-likeness (QED) is 0.505. The fourth-order valence-corrected chi connectivity index (χ4v) is 3.55. The van der Waals surface area contributed by atoms with Crippen molar-refractivity contribution in [2.45, 2.75) is 19.8 Å². The van der Waals surface area contributed by atoms with E-state index < -0.39 is 0 Å². The summed E-state index contributed by atoms with van der Waals surface area (Å²) in [5.74, 6) is 0.329. The molecule has 0 saturated heterocycles. The van der Waals surface area contributed by atoms with E-state index in [0.717, 1.165) is 26.8 Å². The van der Waals surface area contributed by atoms with Gasteiger partial charge in [-0.05, 0) is 47.4 Å². The highest BCUT2D eigenvalue weighted by molar-refractivity contribution is 7.19. The third-order valence-corrected chi connectivity index (χ3v) is 5.28. The number of nitrogens with one attached hydrogen (secondary N) is 1. The van der Waals surface area contributed by atoms with E-state index in [2.05, 4.69) is 46.6 Å². The van der Waals surface area contributed by atoms with Crippen LogP contribution in [0.3, 0.4) is 0 Å². The molecule has 140 valence electrons. The largest absolute Gasteiger partial charge is 0.323 e. The molecule has 2 aromatic heterocycles. The topological polar surface area (TPSA) is 72.2 Å². The fourth-order valence-electron chi connectivity index (χ4n) is 2.72. The Morgan fingerprint density at radius 2 is 1.86 bits per heavy atom. The average Bonchev–Trinajstić information content (AvgIpc) is 3.29. The number of carbonyl (C=O) groups excluding carboxylic acids is 1. The van der Waals surface area contributed by atoms with Crippen molar-refractivity contribution < 1.29 is 4.79 Å². The molecule has 0 unspecified atom stereocenters. The Hall–Kier alpha value is -3.32. The van der Waals surface area contributed by atoms with E-state index in [9.17, 15) is 4.79 Å². The van der Waals surface area contributed by atoms with Gasteiger partial charge in [0.2, 0.25) is 10.9 Å². The number of benzene rings is 2. The van der Waals surface area contributed by atoms with Gasteiger partial charge in [-0.3, -0.25) is 4.79 Å². The van der Waals surface area contributed by atoms with E-state index in [1.807, 2.05) is 42.5 Å². The lowest BCUT2D eigenvalue weighted by molar-refractivity contribution is -0.111. The second-order valence-corrected chi connectivity index (χ2v) is 7.64. The summed E-state index contributed by atoms with van der Waals surface area (Å²) in [6.07, 6.45) is 4.93. The van der Waals surface area contributed by atoms with Crippen molar-refractivity contribution in [1.29, 1.82) is 0 Å². The van der Waals surface area contributed by atoms with Gasteiger partial charge in [0.1, 0.15) is 11.3 Å². The number of nitrogens with zero attached hydrogens (tertiary/aromatic N) is 4. The maximum absolute atomic E-state index is 12.2. The van der Waals surface area contributed by atoms with Gasteiger partial charge in [0.25, 0.3) is 0 Å². The molecule has 0 saturated carbocycles. The zero-order chi connectivity index (χ0) is 19.5. The summed E-state index contributed by atoms with van der Waals surface area (Å²) in [6.45, 7) is 4.32. The maximum Gasteiger partial charge on any atom is 0.248 e. The van der Waals surface area contributed by atoms with Gasteiger partial charge in [-0.2, -0.15) is 9.61 Å². The number of anilines is 1. The standard InChI is InChI=1S/C21H19N5OS/c1-14(2)16-6-3-15(4-7-16)5-12-19(27)23-18-10-8-17(9-11-18)20-25-26-13-22-24-21(26)28-20/h3-14H,1-2H3,(H,23,27). The number of amides is 1. The molecule has 4 aromatic rings. The van der Waals surface area contributed by atoms with Crippen molar-refractivity contribution in [2.75, 3.05) is 5.32 Å². The summed E-state index contributed by atoms with van der Waals surface area (Å²) in [4.78, 5) is 12.9. The lowest BCUT2D eigenvalue weighted by Gasteiger charge is -2.05. The Balaban J connectivity index is 1.39. The molecule has 1 N–H and O–H groups in total. The molecule has 28 heavy (non-hydrogen) atoms. The highest BCUT2D eigenvalue weighted by atomic mass is 32.1. The monoisotopic (exact) mass is 389 g/mol. The van der Waals surface area contributed by atoms with E-state index >= 15 is 0 Å². The van der Waals surface area contributed by atoms with Crippen molar-refractivity contribution >= 4 is 34.0 Å². The summed E-state index contributed by atoms with van der Waals surface area (Å²) in [5, 5.41) is 15.9. The molecule has 6 nitrogen and oxygen atoms in total. The molecule has 0 aliphatic rings. The molecule has 0 radical (unpaired) electrons. The number of aromatic nitrogens is 4. The van der Waals surface area contributed by atoms with Crippen LogP contribution in [0, 0.1) is 0 Å². The van der Waals surface area contributed by atoms with Crippen molar-refractivity contribution in [3.63, 3.8) is 0 Å². The van der Waals surface area contributed by atoms with E-state index in [4.69, 9.17) is 0 Å². The number of hydrogen-bond donors (Lipinski definition) is 1. The van der Waals surface area contributed by atoms with Crippen LogP contribution in [0.2, 0.25) is 0 Å². The second kappa shape index (κ2) is 7.74. The minimum atomic E-state index is -0.167. The SMILES string of the molecule is CC(C)c1ccc(C=CC(=O)Nc2ccc(-c3nn4cnnc4s3)cc2)cc1. The molecule has 0 aliphatic carbocycles. The van der Waals surface area contributed by atoms with Gasteiger partial charge in [-0.1, -0.05) is 49.4 Å². The van der Waals surface area contributed by atoms with Gasteiger partial charge in [-0.15, -0.1) is 10.2 Å². The first-order valence-corrected chi connectivity index (χ1v) is 9.76. The van der Waals surface area contributed by atoms with Crippen LogP contribution in [-0.2, 0) is 4.79 Å². The third kappa shape index (κ3) is 3.99. The van der Waals surface area contributed by atoms with Crippen molar-refractivity contribution in [1.82, 2.24) is 19.8 Å². The molecule has 1 amide bonds. The van der Waals surface area contributed by atoms with Gasteiger partial charge in [0, 0.05) is 17.3 Å². The molecule has 2 aromatic carbocycles. The van der Waals surface area contributed by atoms with Gasteiger partial charge in [0.05, 0.1) is 0 Å². The average molecular weight is 389 g/mol. The summed E-state index contributed by atoms with van der Waals surface area (Å²) < 4.78 is 1.65. The molecule has 0 spiro atoms. The minimum Gasteiger partial charge on any atom is -0.323 e. The smallest absolute Gasteiger partial charge is 0.248 e. The molecule has 7 heteroatoms. The first-order valence-electron chi connectivity index (χ1n) is 8.95. The Morgan fingerprint density at radius 1 is 1.11 bits per heavy atom. The molecular weight excluding hydrogens is 370 g/mol. The Bertz CT molecular complexity index is 1100. The highest BCUT2D eigenvalue weighted by Crippen LogP contribution is 2.25. The van der Waals surface area contributed by atoms with Crippen molar-refractivity contribution in [2.24, 2.45) is 0 Å². The molecule has 4 rings (SSSR count). The lowest BCUT2D eigenvalue weighted by Crippen LogP contribution is -2.07. The van der Waals surface area contributed by atoms with Crippen LogP contribution < -0.4 is 5.32 Å². The zero-order valence-corrected chi connectivity index (χ0v) is 16.4. The summed E-state index contributed by atoms with van der Waals surface area (Å²) in [7, 11) is 0. The van der Waals surface area contributed by atoms with E-state index in [-0.39, 0.29) is 5.91 Å². The zero-order valence-electron chi connectivity index (χ0n) is 15.5. The predicted molar refractivity (Wildman–Crippen MR) is 112 cm³/mol. The minimum absolute atomic E-state index is 0.167. The highest BCUT2D eigenvalue weighted by Gasteiger charge is 2.08. The number of fused-ring (bicyclic) bond motifs is 1. The number of carbonyl (C=O) groups is 1. The number of rotatable bonds is 5. The summed E-state index contributed by atoms with van der Waals surface area (Å²) >= 11 is 1.46. The van der Waals surface area contributed by atoms with Crippen molar-refractivity contribution in [3.05, 3.63) is 72.1 Å². The van der Waals surface area contributed by atoms with Gasteiger partial charge >= 0.3 is 0 Å². The van der Waals surface area contributed by atoms with Crippen LogP contribution in [0.25, 0.3) is 21.6 Å². The molecule has 0 fully saturated rings. The maximum atomic E-state index is 12.2. The predicted octanol–water partition coefficient (Wildman–Crippen LogP) is 4.63. The molecule has 0 bridgehead atoms. The van der Waals surface area contributed by atoms with Crippen molar-refractivity contribution in [3.8, 4) is 10.6 Å². The second-order valence-electron chi connectivity index (χ2n) is 6.69. The number of hydrogen-bond acceptors (Lipinski definition) is 5.